The molecule has 3 aromatic heterocycles. The number of carbonyl (C=O) groups is 1. The van der Waals surface area contributed by atoms with Crippen LogP contribution in [0.1, 0.15) is 16.1 Å². The Morgan fingerprint density at radius 1 is 1.21 bits per heavy atom. The van der Waals surface area contributed by atoms with E-state index in [1.54, 1.807) is 29.1 Å². The van der Waals surface area contributed by atoms with E-state index in [2.05, 4.69) is 15.0 Å². The second-order valence-electron chi connectivity index (χ2n) is 4.10. The molecule has 0 aliphatic carbocycles. The van der Waals surface area contributed by atoms with Gasteiger partial charge in [-0.1, -0.05) is 0 Å². The Bertz CT molecular complexity index is 779. The fourth-order valence-corrected chi connectivity index (χ4v) is 1.89. The van der Waals surface area contributed by atoms with Crippen LogP contribution in [0.2, 0.25) is 0 Å². The molecule has 6 heteroatoms. The van der Waals surface area contributed by atoms with Gasteiger partial charge in [-0.3, -0.25) is 9.97 Å². The molecule has 0 saturated carbocycles. The van der Waals surface area contributed by atoms with Crippen LogP contribution in [0.5, 0.6) is 0 Å². The lowest BCUT2D eigenvalue weighted by Crippen LogP contribution is -1.97. The van der Waals surface area contributed by atoms with Crippen molar-refractivity contribution >= 4 is 11.6 Å². The average molecular weight is 254 g/mol. The molecule has 3 aromatic rings. The summed E-state index contributed by atoms with van der Waals surface area (Å²) >= 11 is 0. The number of aromatic nitrogens is 4. The van der Waals surface area contributed by atoms with Crippen molar-refractivity contribution in [2.75, 3.05) is 0 Å². The van der Waals surface area contributed by atoms with Gasteiger partial charge in [-0.25, -0.2) is 9.78 Å². The molecule has 0 aliphatic rings. The monoisotopic (exact) mass is 254 g/mol. The fraction of sp³-hybridized carbons (Fsp3) is 0.0769. The van der Waals surface area contributed by atoms with Gasteiger partial charge in [-0.15, -0.1) is 0 Å². The molecule has 0 saturated heterocycles. The average Bonchev–Trinajstić information content (AvgIpc) is 2.81. The molecule has 0 fully saturated rings. The molecule has 0 amide bonds. The molecule has 6 nitrogen and oxygen atoms in total. The second-order valence-corrected chi connectivity index (χ2v) is 4.10. The Morgan fingerprint density at radius 2 is 2.00 bits per heavy atom. The van der Waals surface area contributed by atoms with Gasteiger partial charge in [0.15, 0.2) is 0 Å². The summed E-state index contributed by atoms with van der Waals surface area (Å²) in [5.41, 5.74) is 3.04. The maximum Gasteiger partial charge on any atom is 0.337 e. The first-order valence-corrected chi connectivity index (χ1v) is 5.65. The number of hydrogen-bond donors (Lipinski definition) is 1. The molecule has 3 rings (SSSR count). The van der Waals surface area contributed by atoms with Gasteiger partial charge < -0.3 is 9.51 Å². The Labute approximate surface area is 108 Å². The standard InChI is InChI=1S/C13H10N4O2/c1-8-12(15-5-4-14-8)10-7-17-6-9(13(18)19)2-3-11(17)16-10/h2-7H,1H3,(H,18,19). The molecule has 19 heavy (non-hydrogen) atoms. The van der Waals surface area contributed by atoms with Gasteiger partial charge in [-0.05, 0) is 19.1 Å². The highest BCUT2D eigenvalue weighted by atomic mass is 16.4. The Balaban J connectivity index is 2.17. The van der Waals surface area contributed by atoms with Crippen LogP contribution in [-0.4, -0.2) is 30.4 Å². The van der Waals surface area contributed by atoms with Crippen molar-refractivity contribution < 1.29 is 9.90 Å². The summed E-state index contributed by atoms with van der Waals surface area (Å²) in [6, 6.07) is 3.19. The normalized spacial score (nSPS) is 10.8. The van der Waals surface area contributed by atoms with Crippen molar-refractivity contribution in [2.24, 2.45) is 0 Å². The minimum absolute atomic E-state index is 0.215. The zero-order valence-corrected chi connectivity index (χ0v) is 10.1. The van der Waals surface area contributed by atoms with Crippen molar-refractivity contribution in [1.29, 1.82) is 0 Å². The molecule has 1 N–H and O–H groups in total. The molecular formula is C13H10N4O2. The third-order valence-corrected chi connectivity index (χ3v) is 2.82. The Kier molecular flexibility index (Phi) is 2.49. The zero-order valence-electron chi connectivity index (χ0n) is 10.1. The molecule has 0 atom stereocenters. The minimum atomic E-state index is -0.965. The Hall–Kier alpha value is -2.76. The van der Waals surface area contributed by atoms with E-state index >= 15 is 0 Å². The van der Waals surface area contributed by atoms with E-state index in [0.29, 0.717) is 17.0 Å². The topological polar surface area (TPSA) is 80.4 Å². The van der Waals surface area contributed by atoms with Gasteiger partial charge in [0.05, 0.1) is 11.3 Å². The van der Waals surface area contributed by atoms with E-state index in [1.807, 2.05) is 6.92 Å². The summed E-state index contributed by atoms with van der Waals surface area (Å²) < 4.78 is 1.67. The predicted molar refractivity (Wildman–Crippen MR) is 67.9 cm³/mol. The van der Waals surface area contributed by atoms with Gasteiger partial charge in [0.2, 0.25) is 0 Å². The molecule has 0 unspecified atom stereocenters. The smallest absolute Gasteiger partial charge is 0.337 e. The summed E-state index contributed by atoms with van der Waals surface area (Å²) in [6.07, 6.45) is 6.50. The third-order valence-electron chi connectivity index (χ3n) is 2.82. The van der Waals surface area contributed by atoms with E-state index in [-0.39, 0.29) is 5.56 Å². The van der Waals surface area contributed by atoms with Crippen LogP contribution in [0, 0.1) is 6.92 Å². The van der Waals surface area contributed by atoms with Crippen LogP contribution >= 0.6 is 0 Å². The van der Waals surface area contributed by atoms with Crippen molar-refractivity contribution in [2.45, 2.75) is 6.92 Å². The number of rotatable bonds is 2. The minimum Gasteiger partial charge on any atom is -0.478 e. The summed E-state index contributed by atoms with van der Waals surface area (Å²) in [6.45, 7) is 1.86. The van der Waals surface area contributed by atoms with Crippen molar-refractivity contribution in [3.8, 4) is 11.4 Å². The highest BCUT2D eigenvalue weighted by Crippen LogP contribution is 2.19. The first kappa shape index (κ1) is 11.3. The van der Waals surface area contributed by atoms with Gasteiger partial charge in [0.1, 0.15) is 17.0 Å². The number of aromatic carboxylic acids is 1. The molecule has 3 heterocycles. The van der Waals surface area contributed by atoms with Crippen LogP contribution < -0.4 is 0 Å². The van der Waals surface area contributed by atoms with E-state index in [0.717, 1.165) is 5.69 Å². The molecular weight excluding hydrogens is 244 g/mol. The second kappa shape index (κ2) is 4.16. The number of fused-ring (bicyclic) bond motifs is 1. The number of aryl methyl sites for hydroxylation is 1. The number of carboxylic acid groups (broad SMARTS) is 1. The van der Waals surface area contributed by atoms with Crippen molar-refractivity contribution in [3.05, 3.63) is 48.2 Å². The highest BCUT2D eigenvalue weighted by molar-refractivity contribution is 5.87. The number of imidazole rings is 1. The third kappa shape index (κ3) is 1.93. The van der Waals surface area contributed by atoms with Crippen LogP contribution in [0.15, 0.2) is 36.9 Å². The van der Waals surface area contributed by atoms with E-state index in [9.17, 15) is 4.79 Å². The predicted octanol–water partition coefficient (Wildman–Crippen LogP) is 1.80. The molecule has 94 valence electrons. The lowest BCUT2D eigenvalue weighted by molar-refractivity contribution is 0.0696. The van der Waals surface area contributed by atoms with E-state index < -0.39 is 5.97 Å². The molecule has 0 radical (unpaired) electrons. The van der Waals surface area contributed by atoms with Crippen LogP contribution in [0.25, 0.3) is 17.0 Å². The van der Waals surface area contributed by atoms with Crippen LogP contribution in [-0.2, 0) is 0 Å². The van der Waals surface area contributed by atoms with Crippen molar-refractivity contribution in [1.82, 2.24) is 19.4 Å². The summed E-state index contributed by atoms with van der Waals surface area (Å²) in [5.74, 6) is -0.965. The maximum atomic E-state index is 10.9. The maximum absolute atomic E-state index is 10.9. The Morgan fingerprint density at radius 3 is 2.74 bits per heavy atom. The van der Waals surface area contributed by atoms with E-state index in [4.69, 9.17) is 5.11 Å². The molecule has 0 aromatic carbocycles. The summed E-state index contributed by atoms with van der Waals surface area (Å²) in [7, 11) is 0. The summed E-state index contributed by atoms with van der Waals surface area (Å²) in [5, 5.41) is 8.96. The largest absolute Gasteiger partial charge is 0.478 e. The van der Waals surface area contributed by atoms with Gasteiger partial charge in [0, 0.05) is 24.8 Å². The fourth-order valence-electron chi connectivity index (χ4n) is 1.89. The van der Waals surface area contributed by atoms with Crippen LogP contribution in [0.4, 0.5) is 0 Å². The van der Waals surface area contributed by atoms with Gasteiger partial charge in [0.25, 0.3) is 0 Å². The zero-order chi connectivity index (χ0) is 13.4. The highest BCUT2D eigenvalue weighted by Gasteiger charge is 2.10. The number of pyridine rings is 1. The SMILES string of the molecule is Cc1nccnc1-c1cn2cc(C(=O)O)ccc2n1. The number of hydrogen-bond acceptors (Lipinski definition) is 4. The molecule has 0 aliphatic heterocycles. The van der Waals surface area contributed by atoms with Crippen molar-refractivity contribution in [3.63, 3.8) is 0 Å². The molecule has 0 bridgehead atoms. The quantitative estimate of drug-likeness (QED) is 0.754. The van der Waals surface area contributed by atoms with Crippen LogP contribution in [0.3, 0.4) is 0 Å². The van der Waals surface area contributed by atoms with Gasteiger partial charge in [-0.2, -0.15) is 0 Å². The number of nitrogens with zero attached hydrogens (tertiary/aromatic N) is 4. The van der Waals surface area contributed by atoms with Gasteiger partial charge >= 0.3 is 5.97 Å². The van der Waals surface area contributed by atoms with E-state index in [1.165, 1.54) is 12.3 Å². The molecule has 0 spiro atoms. The first-order chi connectivity index (χ1) is 9.15. The summed E-state index contributed by atoms with van der Waals surface area (Å²) in [4.78, 5) is 23.7. The lowest BCUT2D eigenvalue weighted by Gasteiger charge is -1.97. The first-order valence-electron chi connectivity index (χ1n) is 5.65. The number of carboxylic acids is 1. The lowest BCUT2D eigenvalue weighted by atomic mass is 10.2.